The summed E-state index contributed by atoms with van der Waals surface area (Å²) in [6.07, 6.45) is 7.90. The van der Waals surface area contributed by atoms with Crippen LogP contribution in [0.25, 0.3) is 16.7 Å². The van der Waals surface area contributed by atoms with Crippen LogP contribution in [0.1, 0.15) is 30.0 Å². The van der Waals surface area contributed by atoms with E-state index >= 15 is 0 Å². The van der Waals surface area contributed by atoms with Crippen molar-refractivity contribution < 1.29 is 0 Å². The third-order valence-corrected chi connectivity index (χ3v) is 7.83. The van der Waals surface area contributed by atoms with Crippen LogP contribution in [0.15, 0.2) is 52.4 Å². The smallest absolute Gasteiger partial charge is 0.334 e. The van der Waals surface area contributed by atoms with E-state index in [2.05, 4.69) is 24.8 Å². The summed E-state index contributed by atoms with van der Waals surface area (Å²) >= 11 is 6.21. The summed E-state index contributed by atoms with van der Waals surface area (Å²) < 4.78 is 0.947. The number of H-pyrrole nitrogens is 1. The van der Waals surface area contributed by atoms with E-state index in [1.807, 2.05) is 12.3 Å². The first kappa shape index (κ1) is 21.8. The lowest BCUT2D eigenvalue weighted by Gasteiger charge is -2.42. The fourth-order valence-corrected chi connectivity index (χ4v) is 5.68. The highest BCUT2D eigenvalue weighted by molar-refractivity contribution is 6.34. The number of anilines is 2. The van der Waals surface area contributed by atoms with Crippen molar-refractivity contribution >= 4 is 34.3 Å². The zero-order chi connectivity index (χ0) is 24.3. The molecular weight excluding hydrogens is 468 g/mol. The lowest BCUT2D eigenvalue weighted by molar-refractivity contribution is 0.187. The average Bonchev–Trinajstić information content (AvgIpc) is 3.13. The number of aromatic amines is 1. The maximum absolute atomic E-state index is 13.2. The zero-order valence-electron chi connectivity index (χ0n) is 18.7. The predicted octanol–water partition coefficient (Wildman–Crippen LogP) is 1.94. The first-order chi connectivity index (χ1) is 16.9. The second-order valence-electron chi connectivity index (χ2n) is 9.24. The Hall–Kier alpha value is -3.76. The predicted molar refractivity (Wildman–Crippen MR) is 134 cm³/mol. The van der Waals surface area contributed by atoms with Gasteiger partial charge in [0.2, 0.25) is 0 Å². The number of nitrogens with two attached hydrogens (primary N) is 2. The van der Waals surface area contributed by atoms with Crippen LogP contribution in [-0.4, -0.2) is 37.6 Å². The van der Waals surface area contributed by atoms with Crippen molar-refractivity contribution in [1.82, 2.24) is 24.5 Å². The van der Waals surface area contributed by atoms with Gasteiger partial charge in [0.1, 0.15) is 22.3 Å². The molecule has 1 saturated heterocycles. The maximum Gasteiger partial charge on any atom is 0.334 e. The molecule has 0 unspecified atom stereocenters. The molecule has 178 valence electrons. The number of hydrogen-bond acceptors (Lipinski definition) is 8. The van der Waals surface area contributed by atoms with Crippen LogP contribution in [-0.2, 0) is 6.42 Å². The van der Waals surface area contributed by atoms with Gasteiger partial charge in [0.15, 0.2) is 0 Å². The Morgan fingerprint density at radius 3 is 2.69 bits per heavy atom. The normalized spacial score (nSPS) is 18.8. The minimum atomic E-state index is -0.652. The Labute approximate surface area is 204 Å². The summed E-state index contributed by atoms with van der Waals surface area (Å²) in [6, 6.07) is 6.98. The fraction of sp³-hybridized carbons (Fsp3) is 0.292. The Bertz CT molecular complexity index is 1590. The van der Waals surface area contributed by atoms with E-state index in [0.717, 1.165) is 36.9 Å². The molecule has 1 aliphatic heterocycles. The molecule has 1 fully saturated rings. The summed E-state index contributed by atoms with van der Waals surface area (Å²) in [5, 5.41) is 0.309. The number of piperidine rings is 1. The van der Waals surface area contributed by atoms with Crippen molar-refractivity contribution in [2.24, 2.45) is 11.1 Å². The molecule has 5 heterocycles. The average molecular weight is 491 g/mol. The molecule has 0 radical (unpaired) electrons. The number of halogens is 1. The van der Waals surface area contributed by atoms with Gasteiger partial charge in [-0.3, -0.25) is 14.8 Å². The molecule has 4 aromatic heterocycles. The van der Waals surface area contributed by atoms with E-state index in [4.69, 9.17) is 23.1 Å². The summed E-state index contributed by atoms with van der Waals surface area (Å²) in [7, 11) is 0. The molecule has 5 N–H and O–H groups in total. The number of aromatic nitrogens is 5. The maximum atomic E-state index is 13.2. The van der Waals surface area contributed by atoms with E-state index in [1.54, 1.807) is 18.3 Å². The minimum Gasteiger partial charge on any atom is -0.382 e. The molecule has 2 aliphatic rings. The van der Waals surface area contributed by atoms with E-state index < -0.39 is 11.2 Å². The van der Waals surface area contributed by atoms with Crippen LogP contribution in [0, 0.1) is 5.41 Å². The third-order valence-electron chi connectivity index (χ3n) is 7.44. The number of nitrogens with zero attached hydrogens (tertiary/aromatic N) is 5. The summed E-state index contributed by atoms with van der Waals surface area (Å²) in [5.41, 5.74) is 14.1. The summed E-state index contributed by atoms with van der Waals surface area (Å²) in [6.45, 7) is 1.56. The highest BCUT2D eigenvalue weighted by atomic mass is 35.5. The Morgan fingerprint density at radius 2 is 1.91 bits per heavy atom. The van der Waals surface area contributed by atoms with E-state index in [-0.39, 0.29) is 39.0 Å². The molecule has 0 aromatic carbocycles. The zero-order valence-corrected chi connectivity index (χ0v) is 19.5. The monoisotopic (exact) mass is 490 g/mol. The number of fused-ring (bicyclic) bond motifs is 2. The van der Waals surface area contributed by atoms with Crippen LogP contribution >= 0.6 is 11.6 Å². The van der Waals surface area contributed by atoms with E-state index in [0.29, 0.717) is 5.82 Å². The highest BCUT2D eigenvalue weighted by Gasteiger charge is 2.46. The number of rotatable bonds is 2. The van der Waals surface area contributed by atoms with Gasteiger partial charge in [-0.05, 0) is 60.1 Å². The van der Waals surface area contributed by atoms with Gasteiger partial charge >= 0.3 is 5.69 Å². The molecule has 10 nitrogen and oxygen atoms in total. The SMILES string of the molecule is Nc1nccc(-n2c(=O)[nH]c3nc(N4CCC5(CC4)Cc4cnccc4[C@H]5N)ccc3c2=O)c1Cl. The molecular formula is C24H23ClN8O2. The lowest BCUT2D eigenvalue weighted by Crippen LogP contribution is -2.44. The largest absolute Gasteiger partial charge is 0.382 e. The minimum absolute atomic E-state index is 0.00363. The highest BCUT2D eigenvalue weighted by Crippen LogP contribution is 2.50. The topological polar surface area (TPSA) is 149 Å². The Morgan fingerprint density at radius 1 is 1.11 bits per heavy atom. The molecule has 0 bridgehead atoms. The first-order valence-corrected chi connectivity index (χ1v) is 11.8. The van der Waals surface area contributed by atoms with E-state index in [9.17, 15) is 9.59 Å². The van der Waals surface area contributed by atoms with Crippen molar-refractivity contribution in [2.75, 3.05) is 23.7 Å². The van der Waals surface area contributed by atoms with Gasteiger partial charge in [-0.1, -0.05) is 11.6 Å². The van der Waals surface area contributed by atoms with Crippen LogP contribution in [0.4, 0.5) is 11.6 Å². The number of nitrogen functional groups attached to an aromatic ring is 1. The second kappa shape index (κ2) is 7.89. The standard InChI is InChI=1S/C24H23ClN8O2/c25-18-16(4-8-29-20(18)27)33-22(34)15-1-2-17(30-21(15)31-23(33)35)32-9-5-24(6-10-32)11-13-12-28-7-3-14(13)19(24)26/h1-4,7-8,12,19H,5-6,9-11,26H2,(H2,27,29)(H,30,31,35)/t19-/m1/s1. The van der Waals surface area contributed by atoms with Crippen molar-refractivity contribution in [2.45, 2.75) is 25.3 Å². The van der Waals surface area contributed by atoms with Crippen molar-refractivity contribution in [3.63, 3.8) is 0 Å². The number of pyridine rings is 3. The van der Waals surface area contributed by atoms with E-state index in [1.165, 1.54) is 23.4 Å². The quantitative estimate of drug-likeness (QED) is 0.386. The van der Waals surface area contributed by atoms with Gasteiger partial charge in [0.05, 0.1) is 11.1 Å². The molecule has 0 amide bonds. The molecule has 11 heteroatoms. The second-order valence-corrected chi connectivity index (χ2v) is 9.62. The molecule has 35 heavy (non-hydrogen) atoms. The third kappa shape index (κ3) is 3.32. The number of nitrogens with one attached hydrogen (secondary N) is 1. The van der Waals surface area contributed by atoms with Crippen LogP contribution in [0.2, 0.25) is 5.02 Å². The molecule has 1 atom stereocenters. The van der Waals surface area contributed by atoms with Crippen molar-refractivity contribution in [1.29, 1.82) is 0 Å². The lowest BCUT2D eigenvalue weighted by atomic mass is 9.73. The van der Waals surface area contributed by atoms with Gasteiger partial charge in [-0.25, -0.2) is 19.3 Å². The van der Waals surface area contributed by atoms with Gasteiger partial charge in [-0.2, -0.15) is 0 Å². The molecule has 1 spiro atoms. The molecule has 6 rings (SSSR count). The van der Waals surface area contributed by atoms with Gasteiger partial charge in [-0.15, -0.1) is 0 Å². The first-order valence-electron chi connectivity index (χ1n) is 11.4. The Kier molecular flexibility index (Phi) is 4.90. The van der Waals surface area contributed by atoms with Crippen LogP contribution in [0.3, 0.4) is 0 Å². The van der Waals surface area contributed by atoms with Crippen molar-refractivity contribution in [3.8, 4) is 5.69 Å². The summed E-state index contributed by atoms with van der Waals surface area (Å²) in [5.74, 6) is 0.741. The Balaban J connectivity index is 1.30. The van der Waals surface area contributed by atoms with Gasteiger partial charge in [0.25, 0.3) is 5.56 Å². The number of hydrogen-bond donors (Lipinski definition) is 3. The molecule has 1 aliphatic carbocycles. The molecule has 4 aromatic rings. The van der Waals surface area contributed by atoms with Gasteiger partial charge < -0.3 is 16.4 Å². The summed E-state index contributed by atoms with van der Waals surface area (Å²) in [4.78, 5) is 43.6. The van der Waals surface area contributed by atoms with Crippen LogP contribution in [0.5, 0.6) is 0 Å². The van der Waals surface area contributed by atoms with Crippen LogP contribution < -0.4 is 27.6 Å². The molecule has 0 saturated carbocycles. The van der Waals surface area contributed by atoms with Crippen molar-refractivity contribution in [3.05, 3.63) is 79.8 Å². The van der Waals surface area contributed by atoms with Gasteiger partial charge in [0, 0.05) is 37.7 Å². The fourth-order valence-electron chi connectivity index (χ4n) is 5.48.